The quantitative estimate of drug-likeness (QED) is 0.681. The molecule has 2 unspecified atom stereocenters. The Kier molecular flexibility index (Phi) is 6.96. The van der Waals surface area contributed by atoms with Crippen LogP contribution in [0, 0.1) is 5.92 Å². The summed E-state index contributed by atoms with van der Waals surface area (Å²) < 4.78 is 0. The van der Waals surface area contributed by atoms with E-state index in [2.05, 4.69) is 31.0 Å². The standard InChI is InChI=1S/C16H33N3O/c1-5-13(6-2)12-19(8-4)14-9-10-16(11-14,15(17)20)18-7-3/h13-14,18H,5-12H2,1-4H3,(H2,17,20). The summed E-state index contributed by atoms with van der Waals surface area (Å²) >= 11 is 0. The first-order valence-electron chi connectivity index (χ1n) is 8.31. The molecule has 20 heavy (non-hydrogen) atoms. The SMILES string of the molecule is CCNC1(C(N)=O)CCC(N(CC)CC(CC)CC)C1. The molecule has 1 amide bonds. The molecule has 0 radical (unpaired) electrons. The summed E-state index contributed by atoms with van der Waals surface area (Å²) in [5, 5.41) is 3.35. The van der Waals surface area contributed by atoms with Crippen LogP contribution in [0.15, 0.2) is 0 Å². The summed E-state index contributed by atoms with van der Waals surface area (Å²) in [5.74, 6) is 0.582. The molecule has 0 aromatic heterocycles. The van der Waals surface area contributed by atoms with Gasteiger partial charge < -0.3 is 16.0 Å². The van der Waals surface area contributed by atoms with Crippen molar-refractivity contribution in [3.8, 4) is 0 Å². The highest BCUT2D eigenvalue weighted by atomic mass is 16.1. The van der Waals surface area contributed by atoms with E-state index in [1.165, 1.54) is 12.8 Å². The van der Waals surface area contributed by atoms with E-state index < -0.39 is 5.54 Å². The molecular weight excluding hydrogens is 250 g/mol. The van der Waals surface area contributed by atoms with Gasteiger partial charge in [0.25, 0.3) is 0 Å². The molecule has 0 spiro atoms. The number of hydrogen-bond donors (Lipinski definition) is 2. The van der Waals surface area contributed by atoms with Crippen LogP contribution in [0.2, 0.25) is 0 Å². The molecule has 1 aliphatic rings. The zero-order chi connectivity index (χ0) is 15.2. The van der Waals surface area contributed by atoms with Gasteiger partial charge in [-0.3, -0.25) is 4.79 Å². The second-order valence-electron chi connectivity index (χ2n) is 6.14. The van der Waals surface area contributed by atoms with Crippen molar-refractivity contribution < 1.29 is 4.79 Å². The van der Waals surface area contributed by atoms with E-state index >= 15 is 0 Å². The van der Waals surface area contributed by atoms with Crippen LogP contribution in [0.4, 0.5) is 0 Å². The van der Waals surface area contributed by atoms with Gasteiger partial charge in [0.2, 0.25) is 5.91 Å². The number of carbonyl (C=O) groups excluding carboxylic acids is 1. The lowest BCUT2D eigenvalue weighted by Gasteiger charge is -2.33. The lowest BCUT2D eigenvalue weighted by molar-refractivity contribution is -0.124. The Morgan fingerprint density at radius 3 is 2.45 bits per heavy atom. The van der Waals surface area contributed by atoms with Gasteiger partial charge in [-0.25, -0.2) is 0 Å². The molecule has 1 aliphatic carbocycles. The number of likely N-dealkylation sites (N-methyl/N-ethyl adjacent to an activating group) is 1. The predicted molar refractivity (Wildman–Crippen MR) is 84.6 cm³/mol. The van der Waals surface area contributed by atoms with Crippen molar-refractivity contribution in [1.29, 1.82) is 0 Å². The molecular formula is C16H33N3O. The maximum Gasteiger partial charge on any atom is 0.237 e. The Morgan fingerprint density at radius 2 is 2.00 bits per heavy atom. The zero-order valence-corrected chi connectivity index (χ0v) is 13.7. The minimum absolute atomic E-state index is 0.180. The van der Waals surface area contributed by atoms with Crippen molar-refractivity contribution in [2.75, 3.05) is 19.6 Å². The summed E-state index contributed by atoms with van der Waals surface area (Å²) in [4.78, 5) is 14.4. The van der Waals surface area contributed by atoms with Gasteiger partial charge in [0, 0.05) is 12.6 Å². The van der Waals surface area contributed by atoms with Crippen LogP contribution in [-0.2, 0) is 4.79 Å². The smallest absolute Gasteiger partial charge is 0.237 e. The normalized spacial score (nSPS) is 26.6. The summed E-state index contributed by atoms with van der Waals surface area (Å²) in [6, 6.07) is 0.493. The average Bonchev–Trinajstić information content (AvgIpc) is 2.86. The second kappa shape index (κ2) is 7.99. The average molecular weight is 283 g/mol. The highest BCUT2D eigenvalue weighted by molar-refractivity contribution is 5.85. The number of hydrogen-bond acceptors (Lipinski definition) is 3. The Bertz CT molecular complexity index is 304. The highest BCUT2D eigenvalue weighted by Crippen LogP contribution is 2.33. The third kappa shape index (κ3) is 3.95. The van der Waals surface area contributed by atoms with Gasteiger partial charge in [0.05, 0.1) is 5.54 Å². The number of primary amides is 1. The minimum Gasteiger partial charge on any atom is -0.368 e. The fourth-order valence-corrected chi connectivity index (χ4v) is 3.56. The number of nitrogens with one attached hydrogen (secondary N) is 1. The number of amides is 1. The lowest BCUT2D eigenvalue weighted by atomic mass is 9.95. The maximum absolute atomic E-state index is 11.8. The summed E-state index contributed by atoms with van der Waals surface area (Å²) in [7, 11) is 0. The summed E-state index contributed by atoms with van der Waals surface area (Å²) in [5.41, 5.74) is 5.18. The summed E-state index contributed by atoms with van der Waals surface area (Å²) in [6.45, 7) is 11.8. The third-order valence-electron chi connectivity index (χ3n) is 5.05. The van der Waals surface area contributed by atoms with Gasteiger partial charge in [-0.2, -0.15) is 0 Å². The Balaban J connectivity index is 2.70. The van der Waals surface area contributed by atoms with Crippen LogP contribution in [0.25, 0.3) is 0 Å². The molecule has 118 valence electrons. The Morgan fingerprint density at radius 1 is 1.35 bits per heavy atom. The Hall–Kier alpha value is -0.610. The van der Waals surface area contributed by atoms with Crippen molar-refractivity contribution >= 4 is 5.91 Å². The minimum atomic E-state index is -0.471. The van der Waals surface area contributed by atoms with Crippen molar-refractivity contribution in [3.63, 3.8) is 0 Å². The number of rotatable bonds is 9. The molecule has 0 heterocycles. The van der Waals surface area contributed by atoms with Crippen molar-refractivity contribution in [1.82, 2.24) is 10.2 Å². The second-order valence-corrected chi connectivity index (χ2v) is 6.14. The van der Waals surface area contributed by atoms with Crippen LogP contribution < -0.4 is 11.1 Å². The molecule has 0 aromatic rings. The van der Waals surface area contributed by atoms with Crippen LogP contribution in [0.3, 0.4) is 0 Å². The van der Waals surface area contributed by atoms with E-state index in [-0.39, 0.29) is 5.91 Å². The number of nitrogens with zero attached hydrogens (tertiary/aromatic N) is 1. The van der Waals surface area contributed by atoms with Gasteiger partial charge in [-0.1, -0.05) is 40.5 Å². The molecule has 0 saturated heterocycles. The van der Waals surface area contributed by atoms with Crippen LogP contribution in [0.1, 0.15) is 59.8 Å². The van der Waals surface area contributed by atoms with Crippen molar-refractivity contribution in [2.24, 2.45) is 11.7 Å². The van der Waals surface area contributed by atoms with Gasteiger partial charge >= 0.3 is 0 Å². The van der Waals surface area contributed by atoms with E-state index in [1.807, 2.05) is 6.92 Å². The molecule has 1 saturated carbocycles. The molecule has 1 rings (SSSR count). The topological polar surface area (TPSA) is 58.4 Å². The lowest BCUT2D eigenvalue weighted by Crippen LogP contribution is -2.54. The molecule has 2 atom stereocenters. The Labute approximate surface area is 124 Å². The monoisotopic (exact) mass is 283 g/mol. The summed E-state index contributed by atoms with van der Waals surface area (Å²) in [6.07, 6.45) is 5.27. The van der Waals surface area contributed by atoms with Crippen molar-refractivity contribution in [3.05, 3.63) is 0 Å². The van der Waals surface area contributed by atoms with Crippen LogP contribution in [0.5, 0.6) is 0 Å². The molecule has 1 fully saturated rings. The first-order valence-corrected chi connectivity index (χ1v) is 8.31. The molecule has 0 aromatic carbocycles. The van der Waals surface area contributed by atoms with E-state index in [9.17, 15) is 4.79 Å². The number of nitrogens with two attached hydrogens (primary N) is 1. The first-order chi connectivity index (χ1) is 9.52. The fraction of sp³-hybridized carbons (Fsp3) is 0.938. The van der Waals surface area contributed by atoms with Gasteiger partial charge in [-0.05, 0) is 38.3 Å². The van der Waals surface area contributed by atoms with Crippen LogP contribution >= 0.6 is 0 Å². The van der Waals surface area contributed by atoms with Crippen LogP contribution in [-0.4, -0.2) is 42.0 Å². The van der Waals surface area contributed by atoms with E-state index in [0.717, 1.165) is 44.8 Å². The molecule has 0 aliphatic heterocycles. The highest BCUT2D eigenvalue weighted by Gasteiger charge is 2.44. The molecule has 4 heteroatoms. The van der Waals surface area contributed by atoms with E-state index in [1.54, 1.807) is 0 Å². The molecule has 4 nitrogen and oxygen atoms in total. The zero-order valence-electron chi connectivity index (χ0n) is 13.7. The third-order valence-corrected chi connectivity index (χ3v) is 5.05. The van der Waals surface area contributed by atoms with Gasteiger partial charge in [0.15, 0.2) is 0 Å². The predicted octanol–water partition coefficient (Wildman–Crippen LogP) is 2.13. The van der Waals surface area contributed by atoms with E-state index in [4.69, 9.17) is 5.73 Å². The molecule has 0 bridgehead atoms. The van der Waals surface area contributed by atoms with E-state index in [0.29, 0.717) is 6.04 Å². The first kappa shape index (κ1) is 17.4. The molecule has 3 N–H and O–H groups in total. The van der Waals surface area contributed by atoms with Gasteiger partial charge in [-0.15, -0.1) is 0 Å². The van der Waals surface area contributed by atoms with Gasteiger partial charge in [0.1, 0.15) is 0 Å². The fourth-order valence-electron chi connectivity index (χ4n) is 3.56. The van der Waals surface area contributed by atoms with Crippen molar-refractivity contribution in [2.45, 2.75) is 71.4 Å². The maximum atomic E-state index is 11.8. The largest absolute Gasteiger partial charge is 0.368 e. The number of carbonyl (C=O) groups is 1.